The lowest BCUT2D eigenvalue weighted by molar-refractivity contribution is 0.0516. The number of benzene rings is 1. The quantitative estimate of drug-likeness (QED) is 0.840. The molecule has 2 aliphatic rings. The molecule has 1 aromatic heterocycles. The lowest BCUT2D eigenvalue weighted by Gasteiger charge is -2.34. The molecule has 7 heteroatoms. The van der Waals surface area contributed by atoms with Gasteiger partial charge in [-0.3, -0.25) is 9.48 Å². The number of amides is 1. The molecule has 0 radical (unpaired) electrons. The fourth-order valence-corrected chi connectivity index (χ4v) is 3.40. The lowest BCUT2D eigenvalue weighted by Crippen LogP contribution is -2.42. The fraction of sp³-hybridized carbons (Fsp3) is 0.474. The Kier molecular flexibility index (Phi) is 4.79. The van der Waals surface area contributed by atoms with Gasteiger partial charge in [-0.15, -0.1) is 0 Å². The van der Waals surface area contributed by atoms with Crippen molar-refractivity contribution in [2.75, 3.05) is 33.0 Å². The van der Waals surface area contributed by atoms with E-state index in [0.717, 1.165) is 12.1 Å². The maximum atomic E-state index is 13.1. The van der Waals surface area contributed by atoms with Crippen LogP contribution in [0.3, 0.4) is 0 Å². The molecular weight excluding hydrogens is 334 g/mol. The smallest absolute Gasteiger partial charge is 0.254 e. The molecule has 138 valence electrons. The van der Waals surface area contributed by atoms with Crippen molar-refractivity contribution in [1.29, 1.82) is 0 Å². The Morgan fingerprint density at radius 3 is 2.96 bits per heavy atom. The molecule has 4 rings (SSSR count). The third-order valence-electron chi connectivity index (χ3n) is 4.68. The number of nitrogens with zero attached hydrogens (tertiary/aromatic N) is 3. The van der Waals surface area contributed by atoms with Gasteiger partial charge in [-0.05, 0) is 31.2 Å². The summed E-state index contributed by atoms with van der Waals surface area (Å²) in [7, 11) is 0. The SMILES string of the molecule is CCOCC1CN(C(=O)c2ccc3c(c2)OCCCO3)Cc2ccnn21. The maximum Gasteiger partial charge on any atom is 0.254 e. The van der Waals surface area contributed by atoms with Gasteiger partial charge in [0.15, 0.2) is 11.5 Å². The average Bonchev–Trinajstić information content (AvgIpc) is 3.02. The molecule has 1 unspecified atom stereocenters. The molecule has 7 nitrogen and oxygen atoms in total. The van der Waals surface area contributed by atoms with Crippen molar-refractivity contribution < 1.29 is 19.0 Å². The lowest BCUT2D eigenvalue weighted by atomic mass is 10.1. The van der Waals surface area contributed by atoms with Gasteiger partial charge in [0.25, 0.3) is 5.91 Å². The molecule has 1 aromatic carbocycles. The van der Waals surface area contributed by atoms with Crippen molar-refractivity contribution in [3.8, 4) is 11.5 Å². The molecule has 26 heavy (non-hydrogen) atoms. The molecule has 1 atom stereocenters. The van der Waals surface area contributed by atoms with E-state index in [1.807, 2.05) is 28.6 Å². The molecular formula is C19H23N3O4. The number of ether oxygens (including phenoxy) is 3. The summed E-state index contributed by atoms with van der Waals surface area (Å²) in [6.45, 7) is 5.49. The van der Waals surface area contributed by atoms with Gasteiger partial charge in [0.05, 0.1) is 38.1 Å². The maximum absolute atomic E-state index is 13.1. The van der Waals surface area contributed by atoms with Crippen LogP contribution < -0.4 is 9.47 Å². The molecule has 0 bridgehead atoms. The van der Waals surface area contributed by atoms with Crippen LogP contribution in [0.4, 0.5) is 0 Å². The zero-order chi connectivity index (χ0) is 17.9. The third-order valence-corrected chi connectivity index (χ3v) is 4.68. The van der Waals surface area contributed by atoms with Gasteiger partial charge in [-0.1, -0.05) is 0 Å². The Morgan fingerprint density at radius 1 is 1.27 bits per heavy atom. The van der Waals surface area contributed by atoms with Crippen molar-refractivity contribution >= 4 is 5.91 Å². The van der Waals surface area contributed by atoms with Gasteiger partial charge in [-0.2, -0.15) is 5.10 Å². The van der Waals surface area contributed by atoms with Crippen molar-refractivity contribution in [2.45, 2.75) is 25.9 Å². The Balaban J connectivity index is 1.56. The third kappa shape index (κ3) is 3.26. The highest BCUT2D eigenvalue weighted by Gasteiger charge is 2.29. The highest BCUT2D eigenvalue weighted by Crippen LogP contribution is 2.31. The van der Waals surface area contributed by atoms with Crippen molar-refractivity contribution in [2.24, 2.45) is 0 Å². The van der Waals surface area contributed by atoms with Crippen molar-refractivity contribution in [1.82, 2.24) is 14.7 Å². The van der Waals surface area contributed by atoms with Gasteiger partial charge < -0.3 is 19.1 Å². The summed E-state index contributed by atoms with van der Waals surface area (Å²) in [5.41, 5.74) is 1.63. The monoisotopic (exact) mass is 357 g/mol. The second kappa shape index (κ2) is 7.37. The van der Waals surface area contributed by atoms with Crippen LogP contribution in [-0.2, 0) is 11.3 Å². The molecule has 2 aromatic rings. The molecule has 3 heterocycles. The number of rotatable bonds is 4. The summed E-state index contributed by atoms with van der Waals surface area (Å²) in [6, 6.07) is 7.38. The number of hydrogen-bond acceptors (Lipinski definition) is 5. The van der Waals surface area contributed by atoms with Gasteiger partial charge >= 0.3 is 0 Å². The highest BCUT2D eigenvalue weighted by atomic mass is 16.5. The van der Waals surface area contributed by atoms with Crippen LogP contribution in [0.25, 0.3) is 0 Å². The number of aromatic nitrogens is 2. The molecule has 0 N–H and O–H groups in total. The van der Waals surface area contributed by atoms with E-state index in [1.54, 1.807) is 18.3 Å². The summed E-state index contributed by atoms with van der Waals surface area (Å²) in [6.07, 6.45) is 2.61. The van der Waals surface area contributed by atoms with Crippen LogP contribution in [-0.4, -0.2) is 53.6 Å². The predicted molar refractivity (Wildman–Crippen MR) is 94.5 cm³/mol. The van der Waals surface area contributed by atoms with E-state index in [2.05, 4.69) is 5.10 Å². The zero-order valence-corrected chi connectivity index (χ0v) is 14.9. The molecule has 2 aliphatic heterocycles. The largest absolute Gasteiger partial charge is 0.490 e. The minimum atomic E-state index is -0.0189. The fourth-order valence-electron chi connectivity index (χ4n) is 3.40. The number of hydrogen-bond donors (Lipinski definition) is 0. The topological polar surface area (TPSA) is 65.8 Å². The van der Waals surface area contributed by atoms with Crippen LogP contribution >= 0.6 is 0 Å². The minimum Gasteiger partial charge on any atom is -0.490 e. The van der Waals surface area contributed by atoms with Gasteiger partial charge in [0, 0.05) is 31.3 Å². The second-order valence-corrected chi connectivity index (χ2v) is 6.48. The second-order valence-electron chi connectivity index (χ2n) is 6.48. The molecule has 0 spiro atoms. The zero-order valence-electron chi connectivity index (χ0n) is 14.9. The van der Waals surface area contributed by atoms with Crippen LogP contribution in [0, 0.1) is 0 Å². The van der Waals surface area contributed by atoms with Crippen molar-refractivity contribution in [3.05, 3.63) is 41.7 Å². The van der Waals surface area contributed by atoms with E-state index in [0.29, 0.717) is 56.6 Å². The summed E-state index contributed by atoms with van der Waals surface area (Å²) in [5.74, 6) is 1.32. The molecule has 0 saturated heterocycles. The Hall–Kier alpha value is -2.54. The predicted octanol–water partition coefficient (Wildman–Crippen LogP) is 2.28. The first-order valence-electron chi connectivity index (χ1n) is 9.05. The first kappa shape index (κ1) is 16.9. The van der Waals surface area contributed by atoms with E-state index >= 15 is 0 Å². The van der Waals surface area contributed by atoms with Crippen LogP contribution in [0.5, 0.6) is 11.5 Å². The highest BCUT2D eigenvalue weighted by molar-refractivity contribution is 5.95. The van der Waals surface area contributed by atoms with Crippen LogP contribution in [0.15, 0.2) is 30.5 Å². The molecule has 1 amide bonds. The van der Waals surface area contributed by atoms with E-state index in [9.17, 15) is 4.79 Å². The summed E-state index contributed by atoms with van der Waals surface area (Å²) in [4.78, 5) is 14.9. The van der Waals surface area contributed by atoms with Gasteiger partial charge in [0.1, 0.15) is 0 Å². The summed E-state index contributed by atoms with van der Waals surface area (Å²) < 4.78 is 18.9. The van der Waals surface area contributed by atoms with Gasteiger partial charge in [-0.25, -0.2) is 0 Å². The van der Waals surface area contributed by atoms with Gasteiger partial charge in [0.2, 0.25) is 0 Å². The minimum absolute atomic E-state index is 0.0189. The normalized spacial score (nSPS) is 19.0. The molecule has 0 aliphatic carbocycles. The first-order valence-corrected chi connectivity index (χ1v) is 9.05. The summed E-state index contributed by atoms with van der Waals surface area (Å²) >= 11 is 0. The Labute approximate surface area is 152 Å². The van der Waals surface area contributed by atoms with E-state index in [1.165, 1.54) is 0 Å². The Bertz CT molecular complexity index is 789. The molecule has 0 saturated carbocycles. The number of fused-ring (bicyclic) bond motifs is 2. The van der Waals surface area contributed by atoms with E-state index in [-0.39, 0.29) is 11.9 Å². The number of carbonyl (C=O) groups excluding carboxylic acids is 1. The van der Waals surface area contributed by atoms with E-state index < -0.39 is 0 Å². The Morgan fingerprint density at radius 2 is 2.12 bits per heavy atom. The summed E-state index contributed by atoms with van der Waals surface area (Å²) in [5, 5.41) is 4.39. The van der Waals surface area contributed by atoms with Crippen LogP contribution in [0.2, 0.25) is 0 Å². The molecule has 0 fully saturated rings. The standard InChI is InChI=1S/C19H23N3O4/c1-2-24-13-16-12-21(11-15-6-7-20-22(15)16)19(23)14-4-5-17-18(10-14)26-9-3-8-25-17/h4-7,10,16H,2-3,8-9,11-13H2,1H3. The van der Waals surface area contributed by atoms with Crippen LogP contribution in [0.1, 0.15) is 35.4 Å². The van der Waals surface area contributed by atoms with Crippen molar-refractivity contribution in [3.63, 3.8) is 0 Å². The first-order chi connectivity index (χ1) is 12.8. The van der Waals surface area contributed by atoms with E-state index in [4.69, 9.17) is 14.2 Å². The number of carbonyl (C=O) groups is 1. The average molecular weight is 357 g/mol.